The van der Waals surface area contributed by atoms with Crippen LogP contribution in [-0.2, 0) is 4.79 Å². The Hall–Kier alpha value is -1.64. The number of hydrogen-bond acceptors (Lipinski definition) is 3. The van der Waals surface area contributed by atoms with Crippen molar-refractivity contribution in [1.82, 2.24) is 0 Å². The third-order valence-corrected chi connectivity index (χ3v) is 2.62. The van der Waals surface area contributed by atoms with Gasteiger partial charge in [-0.05, 0) is 43.5 Å². The summed E-state index contributed by atoms with van der Waals surface area (Å²) < 4.78 is 5.45. The lowest BCUT2D eigenvalue weighted by atomic mass is 10.0. The Bertz CT molecular complexity index is 368. The van der Waals surface area contributed by atoms with Gasteiger partial charge in [0.05, 0.1) is 6.61 Å². The van der Waals surface area contributed by atoms with Crippen molar-refractivity contribution in [2.75, 3.05) is 6.61 Å². The summed E-state index contributed by atoms with van der Waals surface area (Å²) in [7, 11) is 0. The molecule has 0 fully saturated rings. The predicted molar refractivity (Wildman–Crippen MR) is 71.1 cm³/mol. The maximum atomic E-state index is 11.8. The summed E-state index contributed by atoms with van der Waals surface area (Å²) in [5.41, 5.74) is 0.713. The smallest absolute Gasteiger partial charge is 0.162 e. The molecule has 18 heavy (non-hydrogen) atoms. The summed E-state index contributed by atoms with van der Waals surface area (Å²) in [6.45, 7) is 2.75. The summed E-state index contributed by atoms with van der Waals surface area (Å²) in [6, 6.07) is 7.25. The van der Waals surface area contributed by atoms with Gasteiger partial charge in [0.15, 0.2) is 5.78 Å². The number of hydrogen-bond donors (Lipinski definition) is 0. The van der Waals surface area contributed by atoms with Crippen LogP contribution in [0.2, 0.25) is 0 Å². The Balaban J connectivity index is 2.41. The van der Waals surface area contributed by atoms with Gasteiger partial charge in [-0.2, -0.15) is 0 Å². The largest absolute Gasteiger partial charge is 0.494 e. The molecule has 0 saturated carbocycles. The molecule has 98 valence electrons. The molecular formula is C15H20O3. The fourth-order valence-electron chi connectivity index (χ4n) is 1.61. The fraction of sp³-hybridized carbons (Fsp3) is 0.467. The van der Waals surface area contributed by atoms with E-state index in [1.54, 1.807) is 12.1 Å². The van der Waals surface area contributed by atoms with Crippen molar-refractivity contribution in [2.24, 2.45) is 0 Å². The average molecular weight is 248 g/mol. The quantitative estimate of drug-likeness (QED) is 0.382. The van der Waals surface area contributed by atoms with Crippen LogP contribution in [0, 0.1) is 0 Å². The van der Waals surface area contributed by atoms with Crippen molar-refractivity contribution < 1.29 is 14.3 Å². The van der Waals surface area contributed by atoms with Crippen LogP contribution in [0.15, 0.2) is 24.3 Å². The van der Waals surface area contributed by atoms with Gasteiger partial charge in [0, 0.05) is 18.4 Å². The Morgan fingerprint density at radius 3 is 2.56 bits per heavy atom. The monoisotopic (exact) mass is 248 g/mol. The molecule has 0 N–H and O–H groups in total. The molecule has 0 aliphatic carbocycles. The molecule has 3 nitrogen and oxygen atoms in total. The van der Waals surface area contributed by atoms with Crippen LogP contribution in [0.5, 0.6) is 5.75 Å². The highest BCUT2D eigenvalue weighted by Crippen LogP contribution is 2.14. The molecule has 0 radical (unpaired) electrons. The minimum absolute atomic E-state index is 0.128. The number of ether oxygens (including phenoxy) is 1. The Kier molecular flexibility index (Phi) is 6.77. The van der Waals surface area contributed by atoms with Crippen molar-refractivity contribution >= 4 is 12.1 Å². The van der Waals surface area contributed by atoms with E-state index in [9.17, 15) is 9.59 Å². The molecule has 0 aliphatic heterocycles. The zero-order valence-electron chi connectivity index (χ0n) is 10.9. The van der Waals surface area contributed by atoms with Crippen LogP contribution in [-0.4, -0.2) is 18.7 Å². The molecule has 0 aliphatic rings. The van der Waals surface area contributed by atoms with E-state index in [1.165, 1.54) is 0 Å². The van der Waals surface area contributed by atoms with Crippen LogP contribution in [0.4, 0.5) is 0 Å². The Morgan fingerprint density at radius 1 is 1.22 bits per heavy atom. The van der Waals surface area contributed by atoms with Crippen LogP contribution in [0.1, 0.15) is 49.4 Å². The Morgan fingerprint density at radius 2 is 1.94 bits per heavy atom. The van der Waals surface area contributed by atoms with Gasteiger partial charge in [0.1, 0.15) is 12.0 Å². The minimum Gasteiger partial charge on any atom is -0.494 e. The predicted octanol–water partition coefficient (Wildman–Crippen LogP) is 3.42. The minimum atomic E-state index is 0.128. The van der Waals surface area contributed by atoms with Crippen LogP contribution < -0.4 is 4.74 Å². The van der Waals surface area contributed by atoms with Crippen LogP contribution in [0.25, 0.3) is 0 Å². The number of aldehydes is 1. The van der Waals surface area contributed by atoms with E-state index >= 15 is 0 Å². The number of rotatable bonds is 9. The Labute approximate surface area is 108 Å². The summed E-state index contributed by atoms with van der Waals surface area (Å²) in [5.74, 6) is 0.928. The van der Waals surface area contributed by atoms with E-state index in [2.05, 4.69) is 6.92 Å². The van der Waals surface area contributed by atoms with Gasteiger partial charge in [-0.3, -0.25) is 4.79 Å². The average Bonchev–Trinajstić information content (AvgIpc) is 2.41. The van der Waals surface area contributed by atoms with E-state index in [1.807, 2.05) is 12.1 Å². The number of carbonyl (C=O) groups excluding carboxylic acids is 2. The number of ketones is 1. The molecule has 0 atom stereocenters. The first-order valence-electron chi connectivity index (χ1n) is 6.47. The summed E-state index contributed by atoms with van der Waals surface area (Å²) in [4.78, 5) is 21.9. The lowest BCUT2D eigenvalue weighted by molar-refractivity contribution is -0.107. The number of benzene rings is 1. The first-order valence-corrected chi connectivity index (χ1v) is 6.47. The molecule has 0 unspecified atom stereocenters. The number of Topliss-reactive ketones (excluding diaryl/α,β-unsaturated/α-hetero) is 1. The van der Waals surface area contributed by atoms with Crippen molar-refractivity contribution in [2.45, 2.75) is 39.0 Å². The van der Waals surface area contributed by atoms with Gasteiger partial charge in [-0.1, -0.05) is 6.92 Å². The molecule has 1 rings (SSSR count). The van der Waals surface area contributed by atoms with E-state index < -0.39 is 0 Å². The van der Waals surface area contributed by atoms with Gasteiger partial charge in [0.25, 0.3) is 0 Å². The van der Waals surface area contributed by atoms with Gasteiger partial charge >= 0.3 is 0 Å². The van der Waals surface area contributed by atoms with Crippen LogP contribution >= 0.6 is 0 Å². The topological polar surface area (TPSA) is 43.4 Å². The molecule has 0 amide bonds. The van der Waals surface area contributed by atoms with Crippen molar-refractivity contribution in [1.29, 1.82) is 0 Å². The molecule has 0 saturated heterocycles. The number of unbranched alkanes of at least 4 members (excludes halogenated alkanes) is 2. The molecule has 3 heteroatoms. The highest BCUT2D eigenvalue weighted by Gasteiger charge is 2.05. The van der Waals surface area contributed by atoms with E-state index in [0.717, 1.165) is 31.3 Å². The van der Waals surface area contributed by atoms with Crippen molar-refractivity contribution in [3.05, 3.63) is 29.8 Å². The van der Waals surface area contributed by atoms with Crippen molar-refractivity contribution in [3.8, 4) is 5.75 Å². The molecule has 0 aromatic heterocycles. The molecule has 0 bridgehead atoms. The van der Waals surface area contributed by atoms with Gasteiger partial charge in [0.2, 0.25) is 0 Å². The van der Waals surface area contributed by atoms with Gasteiger partial charge in [-0.15, -0.1) is 0 Å². The van der Waals surface area contributed by atoms with Gasteiger partial charge < -0.3 is 9.53 Å². The molecule has 0 spiro atoms. The third-order valence-electron chi connectivity index (χ3n) is 2.62. The highest BCUT2D eigenvalue weighted by atomic mass is 16.5. The van der Waals surface area contributed by atoms with Crippen molar-refractivity contribution in [3.63, 3.8) is 0 Å². The van der Waals surface area contributed by atoms with E-state index in [0.29, 0.717) is 25.0 Å². The lowest BCUT2D eigenvalue weighted by Crippen LogP contribution is -2.00. The molecular weight excluding hydrogens is 228 g/mol. The SMILES string of the molecule is CCCOc1ccc(C(=O)CCCCC=O)cc1. The standard InChI is InChI=1S/C15H20O3/c1-2-12-18-14-9-7-13(8-10-14)15(17)6-4-3-5-11-16/h7-11H,2-6,12H2,1H3. The normalized spacial score (nSPS) is 10.1. The second kappa shape index (κ2) is 8.45. The van der Waals surface area contributed by atoms with Gasteiger partial charge in [-0.25, -0.2) is 0 Å². The fourth-order valence-corrected chi connectivity index (χ4v) is 1.61. The summed E-state index contributed by atoms with van der Waals surface area (Å²) in [6.07, 6.45) is 4.46. The zero-order chi connectivity index (χ0) is 13.2. The molecule has 1 aromatic rings. The first-order chi connectivity index (χ1) is 8.77. The maximum Gasteiger partial charge on any atom is 0.162 e. The zero-order valence-corrected chi connectivity index (χ0v) is 10.9. The van der Waals surface area contributed by atoms with E-state index in [-0.39, 0.29) is 5.78 Å². The summed E-state index contributed by atoms with van der Waals surface area (Å²) >= 11 is 0. The summed E-state index contributed by atoms with van der Waals surface area (Å²) in [5, 5.41) is 0. The second-order valence-electron chi connectivity index (χ2n) is 4.21. The first kappa shape index (κ1) is 14.4. The maximum absolute atomic E-state index is 11.8. The lowest BCUT2D eigenvalue weighted by Gasteiger charge is -2.05. The molecule has 1 aromatic carbocycles. The molecule has 0 heterocycles. The van der Waals surface area contributed by atoms with Crippen LogP contribution in [0.3, 0.4) is 0 Å². The number of carbonyl (C=O) groups is 2. The highest BCUT2D eigenvalue weighted by molar-refractivity contribution is 5.96. The third kappa shape index (κ3) is 5.13. The van der Waals surface area contributed by atoms with E-state index in [4.69, 9.17) is 4.74 Å². The second-order valence-corrected chi connectivity index (χ2v) is 4.21.